The average Bonchev–Trinajstić information content (AvgIpc) is 2.07. The maximum absolute atomic E-state index is 9.23. The Balaban J connectivity index is 0.000000217. The Morgan fingerprint density at radius 2 is 1.83 bits per heavy atom. The minimum Gasteiger partial charge on any atom is -0.350 e. The second-order valence-electron chi connectivity index (χ2n) is 1.77. The van der Waals surface area contributed by atoms with E-state index in [1.807, 2.05) is 30.3 Å². The number of hydrogen-bond acceptors (Lipinski definition) is 2. The molecule has 1 rings (SSSR count). The number of carbonyl (C=O) groups excluding carboxylic acids is 1. The lowest BCUT2D eigenvalue weighted by atomic mass is 10.4. The van der Waals surface area contributed by atoms with Crippen LogP contribution in [0.25, 0.3) is 0 Å². The van der Waals surface area contributed by atoms with Crippen molar-refractivity contribution in [1.29, 1.82) is 0 Å². The van der Waals surface area contributed by atoms with E-state index >= 15 is 0 Å². The monoisotopic (exact) mass is 232 g/mol. The van der Waals surface area contributed by atoms with Crippen LogP contribution in [0.2, 0.25) is 0 Å². The smallest absolute Gasteiger partial charge is 0.335 e. The van der Waals surface area contributed by atoms with Crippen molar-refractivity contribution in [1.82, 2.24) is 5.48 Å². The fourth-order valence-corrected chi connectivity index (χ4v) is 0.720. The van der Waals surface area contributed by atoms with Crippen molar-refractivity contribution in [3.8, 4) is 0 Å². The first-order valence-electron chi connectivity index (χ1n) is 3.07. The molecule has 0 aliphatic rings. The second kappa shape index (κ2) is 6.63. The zero-order valence-electron chi connectivity index (χ0n) is 6.20. The lowest BCUT2D eigenvalue weighted by Crippen LogP contribution is -2.25. The summed E-state index contributed by atoms with van der Waals surface area (Å²) in [4.78, 5) is 9.23. The molecule has 66 valence electrons. The Labute approximate surface area is 78.5 Å². The molecule has 0 atom stereocenters. The van der Waals surface area contributed by atoms with Gasteiger partial charge in [-0.05, 0) is 12.1 Å². The van der Waals surface area contributed by atoms with Crippen LogP contribution < -0.4 is 11.2 Å². The Morgan fingerprint density at radius 3 is 2.00 bits per heavy atom. The van der Waals surface area contributed by atoms with Gasteiger partial charge < -0.3 is 5.73 Å². The van der Waals surface area contributed by atoms with Gasteiger partial charge in [0.05, 0.1) is 0 Å². The van der Waals surface area contributed by atoms with Crippen LogP contribution in [0.15, 0.2) is 34.8 Å². The van der Waals surface area contributed by atoms with Gasteiger partial charge in [-0.2, -0.15) is 0 Å². The zero-order chi connectivity index (χ0) is 9.40. The third kappa shape index (κ3) is 7.04. The molecule has 1 aromatic rings. The molecule has 2 amide bonds. The van der Waals surface area contributed by atoms with E-state index in [1.54, 1.807) is 0 Å². The molecule has 4 N–H and O–H groups in total. The van der Waals surface area contributed by atoms with Crippen LogP contribution in [-0.4, -0.2) is 11.2 Å². The number of urea groups is 1. The molecule has 0 bridgehead atoms. The summed E-state index contributed by atoms with van der Waals surface area (Å²) >= 11 is 3.31. The van der Waals surface area contributed by atoms with Crippen molar-refractivity contribution < 1.29 is 10.0 Å². The molecule has 1 aromatic carbocycles. The third-order valence-electron chi connectivity index (χ3n) is 0.843. The van der Waals surface area contributed by atoms with Gasteiger partial charge in [0, 0.05) is 4.47 Å². The number of nitrogens with two attached hydrogens (primary N) is 1. The van der Waals surface area contributed by atoms with Gasteiger partial charge in [0.25, 0.3) is 0 Å². The molecule has 0 aliphatic heterocycles. The van der Waals surface area contributed by atoms with Crippen molar-refractivity contribution >= 4 is 22.0 Å². The quantitative estimate of drug-likeness (QED) is 0.469. The molecule has 0 saturated carbocycles. The van der Waals surface area contributed by atoms with Crippen molar-refractivity contribution in [2.75, 3.05) is 0 Å². The van der Waals surface area contributed by atoms with E-state index in [2.05, 4.69) is 21.7 Å². The van der Waals surface area contributed by atoms with Gasteiger partial charge >= 0.3 is 6.03 Å². The van der Waals surface area contributed by atoms with Crippen molar-refractivity contribution in [3.63, 3.8) is 0 Å². The van der Waals surface area contributed by atoms with Crippen LogP contribution in [-0.2, 0) is 0 Å². The van der Waals surface area contributed by atoms with Crippen molar-refractivity contribution in [3.05, 3.63) is 34.8 Å². The van der Waals surface area contributed by atoms with Crippen LogP contribution >= 0.6 is 15.9 Å². The summed E-state index contributed by atoms with van der Waals surface area (Å²) in [5, 5.41) is 7.42. The predicted molar refractivity (Wildman–Crippen MR) is 48.6 cm³/mol. The molecule has 0 aromatic heterocycles. The largest absolute Gasteiger partial charge is 0.350 e. The predicted octanol–water partition coefficient (Wildman–Crippen LogP) is 1.49. The van der Waals surface area contributed by atoms with Gasteiger partial charge in [-0.3, -0.25) is 5.21 Å². The standard InChI is InChI=1S/C6H5Br.CH4N2O2/c7-6-4-2-1-3-5-6;2-1(4)3-5/h1-5H;5H,(H3,2,3,4). The molecule has 5 heteroatoms. The molecule has 0 unspecified atom stereocenters. The highest BCUT2D eigenvalue weighted by Crippen LogP contribution is 2.05. The lowest BCUT2D eigenvalue weighted by Gasteiger charge is -1.80. The molecular formula is C7H9BrN2O2. The van der Waals surface area contributed by atoms with Gasteiger partial charge in [0.1, 0.15) is 0 Å². The fourth-order valence-electron chi connectivity index (χ4n) is 0.415. The minimum absolute atomic E-state index is 0.940. The molecule has 4 nitrogen and oxygen atoms in total. The molecule has 12 heavy (non-hydrogen) atoms. The first-order chi connectivity index (χ1) is 5.66. The highest BCUT2D eigenvalue weighted by Gasteiger charge is 1.75. The van der Waals surface area contributed by atoms with Crippen molar-refractivity contribution in [2.45, 2.75) is 0 Å². The number of hydrogen-bond donors (Lipinski definition) is 3. The lowest BCUT2D eigenvalue weighted by molar-refractivity contribution is 0.169. The van der Waals surface area contributed by atoms with E-state index in [4.69, 9.17) is 5.21 Å². The van der Waals surface area contributed by atoms with Crippen LogP contribution in [0.1, 0.15) is 0 Å². The van der Waals surface area contributed by atoms with E-state index in [-0.39, 0.29) is 0 Å². The van der Waals surface area contributed by atoms with E-state index < -0.39 is 6.03 Å². The molecule has 0 saturated heterocycles. The Hall–Kier alpha value is -1.07. The Morgan fingerprint density at radius 1 is 1.42 bits per heavy atom. The highest BCUT2D eigenvalue weighted by molar-refractivity contribution is 9.10. The highest BCUT2D eigenvalue weighted by atomic mass is 79.9. The third-order valence-corrected chi connectivity index (χ3v) is 1.37. The van der Waals surface area contributed by atoms with Crippen molar-refractivity contribution in [2.24, 2.45) is 5.73 Å². The molecule has 0 spiro atoms. The zero-order valence-corrected chi connectivity index (χ0v) is 7.78. The van der Waals surface area contributed by atoms with Crippen LogP contribution in [0, 0.1) is 0 Å². The van der Waals surface area contributed by atoms with E-state index in [0.717, 1.165) is 4.47 Å². The Kier molecular flexibility index (Phi) is 6.04. The number of hydroxylamine groups is 1. The molecule has 0 radical (unpaired) electrons. The second-order valence-corrected chi connectivity index (χ2v) is 2.69. The Bertz CT molecular complexity index is 228. The topological polar surface area (TPSA) is 75.4 Å². The molecule has 0 fully saturated rings. The molecule has 0 aliphatic carbocycles. The van der Waals surface area contributed by atoms with E-state index in [0.29, 0.717) is 0 Å². The SMILES string of the molecule is Brc1ccccc1.NC(=O)NO. The number of halogens is 1. The van der Waals surface area contributed by atoms with Gasteiger partial charge in [0.2, 0.25) is 0 Å². The number of primary amides is 1. The summed E-state index contributed by atoms with van der Waals surface area (Å²) in [7, 11) is 0. The first kappa shape index (κ1) is 10.9. The van der Waals surface area contributed by atoms with Crippen LogP contribution in [0.3, 0.4) is 0 Å². The summed E-state index contributed by atoms with van der Waals surface area (Å²) in [5.41, 5.74) is 5.46. The van der Waals surface area contributed by atoms with E-state index in [9.17, 15) is 4.79 Å². The first-order valence-corrected chi connectivity index (χ1v) is 3.86. The van der Waals surface area contributed by atoms with Gasteiger partial charge in [-0.1, -0.05) is 34.1 Å². The number of carbonyl (C=O) groups is 1. The average molecular weight is 233 g/mol. The normalized spacial score (nSPS) is 7.83. The number of benzene rings is 1. The van der Waals surface area contributed by atoms with Crippen LogP contribution in [0.4, 0.5) is 4.79 Å². The summed E-state index contributed by atoms with van der Waals surface area (Å²) in [6.45, 7) is 0. The minimum atomic E-state index is -0.940. The number of nitrogens with one attached hydrogen (secondary N) is 1. The van der Waals surface area contributed by atoms with Gasteiger partial charge in [-0.25, -0.2) is 10.3 Å². The molecular weight excluding hydrogens is 224 g/mol. The number of amides is 2. The maximum atomic E-state index is 9.23. The molecule has 0 heterocycles. The maximum Gasteiger partial charge on any atom is 0.335 e. The summed E-state index contributed by atoms with van der Waals surface area (Å²) in [6, 6.07) is 9.03. The fraction of sp³-hybridized carbons (Fsp3) is 0. The van der Waals surface area contributed by atoms with Gasteiger partial charge in [-0.15, -0.1) is 0 Å². The summed E-state index contributed by atoms with van der Waals surface area (Å²) < 4.78 is 1.13. The number of rotatable bonds is 0. The summed E-state index contributed by atoms with van der Waals surface area (Å²) in [6.07, 6.45) is 0. The van der Waals surface area contributed by atoms with E-state index in [1.165, 1.54) is 5.48 Å². The summed E-state index contributed by atoms with van der Waals surface area (Å²) in [5.74, 6) is 0. The van der Waals surface area contributed by atoms with Crippen LogP contribution in [0.5, 0.6) is 0 Å². The van der Waals surface area contributed by atoms with Gasteiger partial charge in [0.15, 0.2) is 0 Å².